The van der Waals surface area contributed by atoms with E-state index in [9.17, 15) is 4.79 Å². The Kier molecular flexibility index (Phi) is 5.86. The van der Waals surface area contributed by atoms with Gasteiger partial charge in [-0.3, -0.25) is 0 Å². The van der Waals surface area contributed by atoms with Crippen LogP contribution in [0.5, 0.6) is 0 Å². The molecule has 0 fully saturated rings. The van der Waals surface area contributed by atoms with Gasteiger partial charge in [0.2, 0.25) is 0 Å². The molecule has 0 saturated carbocycles. The van der Waals surface area contributed by atoms with Crippen LogP contribution in [0.2, 0.25) is 0 Å². The van der Waals surface area contributed by atoms with E-state index in [-0.39, 0.29) is 6.61 Å². The Morgan fingerprint density at radius 3 is 2.70 bits per heavy atom. The van der Waals surface area contributed by atoms with Crippen LogP contribution in [0, 0.1) is 6.92 Å². The molecular formula is C15H14ClHgNO2. The third-order valence-electron chi connectivity index (χ3n) is 2.85. The molecule has 0 atom stereocenters. The standard InChI is InChI=1S/C15H14NO2.ClH.Hg/c1-12-7-9-14(10-8-12)16-15(17)18-11-13-5-3-2-4-6-13;;/h2-9H,11H2,1H3,(H,16,17);1H;/q;;+1/p-1. The first-order valence-corrected chi connectivity index (χ1v) is 15.8. The van der Waals surface area contributed by atoms with E-state index in [0.717, 1.165) is 19.9 Å². The zero-order valence-electron chi connectivity index (χ0n) is 11.2. The number of carbonyl (C=O) groups excluding carboxylic acids is 1. The number of hydrogen-bond donors (Lipinski definition) is 1. The number of aryl methyl sites for hydroxylation is 1. The van der Waals surface area contributed by atoms with Gasteiger partial charge in [0.25, 0.3) is 0 Å². The normalized spacial score (nSPS) is 9.70. The molecule has 0 saturated heterocycles. The van der Waals surface area contributed by atoms with Crippen LogP contribution in [-0.2, 0) is 34.7 Å². The molecule has 0 bridgehead atoms. The number of carbonyl (C=O) groups is 1. The molecule has 0 spiro atoms. The van der Waals surface area contributed by atoms with Crippen LogP contribution in [0.25, 0.3) is 0 Å². The van der Waals surface area contributed by atoms with Crippen LogP contribution < -0.4 is 8.39 Å². The van der Waals surface area contributed by atoms with E-state index >= 15 is 0 Å². The third kappa shape index (κ3) is 4.49. The fraction of sp³-hybridized carbons (Fsp3) is 0.133. The van der Waals surface area contributed by atoms with Crippen molar-refractivity contribution in [2.45, 2.75) is 13.5 Å². The Hall–Kier alpha value is -1.06. The number of benzene rings is 2. The van der Waals surface area contributed by atoms with E-state index in [4.69, 9.17) is 13.0 Å². The monoisotopic (exact) mass is 477 g/mol. The summed E-state index contributed by atoms with van der Waals surface area (Å²) in [6, 6.07) is 15.5. The van der Waals surface area contributed by atoms with Crippen molar-refractivity contribution in [3.63, 3.8) is 0 Å². The van der Waals surface area contributed by atoms with Crippen LogP contribution in [0.4, 0.5) is 10.5 Å². The zero-order valence-corrected chi connectivity index (χ0v) is 17.5. The molecule has 0 radical (unpaired) electrons. The summed E-state index contributed by atoms with van der Waals surface area (Å²) in [4.78, 5) is 11.8. The Morgan fingerprint density at radius 2 is 2.00 bits per heavy atom. The van der Waals surface area contributed by atoms with E-state index in [1.807, 2.05) is 55.5 Å². The van der Waals surface area contributed by atoms with Crippen LogP contribution in [0.3, 0.4) is 0 Å². The number of nitrogens with one attached hydrogen (secondary N) is 1. The molecule has 2 aromatic rings. The van der Waals surface area contributed by atoms with Gasteiger partial charge < -0.3 is 0 Å². The predicted molar refractivity (Wildman–Crippen MR) is 76.9 cm³/mol. The molecule has 2 aromatic carbocycles. The van der Waals surface area contributed by atoms with Crippen LogP contribution >= 0.6 is 8.25 Å². The maximum atomic E-state index is 11.8. The van der Waals surface area contributed by atoms with Crippen molar-refractivity contribution in [2.75, 3.05) is 5.32 Å². The van der Waals surface area contributed by atoms with E-state index in [0.29, 0.717) is 0 Å². The van der Waals surface area contributed by atoms with E-state index in [1.165, 1.54) is 0 Å². The van der Waals surface area contributed by atoms with Crippen LogP contribution in [0.15, 0.2) is 48.5 Å². The molecule has 0 heterocycles. The van der Waals surface area contributed by atoms with E-state index in [1.54, 1.807) is 0 Å². The van der Waals surface area contributed by atoms with Crippen molar-refractivity contribution >= 4 is 23.1 Å². The van der Waals surface area contributed by atoms with Gasteiger partial charge in [0.1, 0.15) is 0 Å². The van der Waals surface area contributed by atoms with Gasteiger partial charge in [0, 0.05) is 0 Å². The number of rotatable bonds is 4. The van der Waals surface area contributed by atoms with Gasteiger partial charge in [-0.05, 0) is 0 Å². The molecule has 0 aliphatic rings. The van der Waals surface area contributed by atoms with Crippen LogP contribution in [-0.4, -0.2) is 6.09 Å². The molecule has 2 rings (SSSR count). The Labute approximate surface area is 134 Å². The Balaban J connectivity index is 1.95. The molecule has 1 amide bonds. The van der Waals surface area contributed by atoms with Crippen LogP contribution in [0.1, 0.15) is 11.1 Å². The molecule has 20 heavy (non-hydrogen) atoms. The first-order valence-electron chi connectivity index (χ1n) is 6.32. The van der Waals surface area contributed by atoms with E-state index in [2.05, 4.69) is 5.32 Å². The third-order valence-corrected chi connectivity index (χ3v) is 8.77. The van der Waals surface area contributed by atoms with Gasteiger partial charge in [0.05, 0.1) is 0 Å². The Bertz CT molecular complexity index is 590. The van der Waals surface area contributed by atoms with Crippen molar-refractivity contribution in [3.05, 3.63) is 59.7 Å². The minimum atomic E-state index is -1.59. The van der Waals surface area contributed by atoms with Gasteiger partial charge in [-0.15, -0.1) is 0 Å². The van der Waals surface area contributed by atoms with Crippen molar-refractivity contribution in [1.29, 1.82) is 0 Å². The van der Waals surface area contributed by atoms with Gasteiger partial charge in [-0.1, -0.05) is 0 Å². The molecular weight excluding hydrogens is 462 g/mol. The molecule has 0 aliphatic heterocycles. The van der Waals surface area contributed by atoms with Crippen molar-refractivity contribution in [3.8, 4) is 0 Å². The average molecular weight is 476 g/mol. The number of halogens is 1. The van der Waals surface area contributed by atoms with E-state index < -0.39 is 29.4 Å². The number of amides is 1. The maximum absolute atomic E-state index is 11.8. The second kappa shape index (κ2) is 7.65. The first-order chi connectivity index (χ1) is 9.69. The number of hydrogen-bond acceptors (Lipinski definition) is 2. The number of ether oxygens (including phenoxy) is 1. The summed E-state index contributed by atoms with van der Waals surface area (Å²) in [5.74, 6) is 0. The average Bonchev–Trinajstić information content (AvgIpc) is 2.48. The quantitative estimate of drug-likeness (QED) is 0.686. The number of anilines is 1. The summed E-state index contributed by atoms with van der Waals surface area (Å²) in [5.41, 5.74) is 2.90. The molecule has 3 nitrogen and oxygen atoms in total. The second-order valence-electron chi connectivity index (χ2n) is 4.48. The SMILES string of the molecule is Cc1ccc(NC(=O)OCc2ccccc2)[c]([Hg][Cl])c1. The molecule has 5 heteroatoms. The van der Waals surface area contributed by atoms with Crippen molar-refractivity contribution < 1.29 is 32.9 Å². The first kappa shape index (κ1) is 15.3. The summed E-state index contributed by atoms with van der Waals surface area (Å²) in [7, 11) is 6.09. The summed E-state index contributed by atoms with van der Waals surface area (Å²) in [5, 5.41) is 2.77. The summed E-state index contributed by atoms with van der Waals surface area (Å²) >= 11 is -1.59. The summed E-state index contributed by atoms with van der Waals surface area (Å²) < 4.78 is 6.29. The van der Waals surface area contributed by atoms with Crippen molar-refractivity contribution in [1.82, 2.24) is 0 Å². The summed E-state index contributed by atoms with van der Waals surface area (Å²) in [6.45, 7) is 2.28. The summed E-state index contributed by atoms with van der Waals surface area (Å²) in [6.07, 6.45) is -0.447. The van der Waals surface area contributed by atoms with Gasteiger partial charge in [0.15, 0.2) is 0 Å². The fourth-order valence-electron chi connectivity index (χ4n) is 1.82. The minimum absolute atomic E-state index is 0.263. The molecule has 0 unspecified atom stereocenters. The molecule has 0 aromatic heterocycles. The van der Waals surface area contributed by atoms with Gasteiger partial charge >= 0.3 is 134 Å². The molecule has 1 N–H and O–H groups in total. The predicted octanol–water partition coefficient (Wildman–Crippen LogP) is 3.61. The van der Waals surface area contributed by atoms with Gasteiger partial charge in [-0.2, -0.15) is 0 Å². The second-order valence-corrected chi connectivity index (χ2v) is 10.8. The molecule has 0 aliphatic carbocycles. The topological polar surface area (TPSA) is 38.3 Å². The van der Waals surface area contributed by atoms with Crippen molar-refractivity contribution in [2.24, 2.45) is 0 Å². The zero-order chi connectivity index (χ0) is 14.4. The van der Waals surface area contributed by atoms with Gasteiger partial charge in [-0.25, -0.2) is 0 Å². The fourth-order valence-corrected chi connectivity index (χ4v) is 6.68. The molecule has 100 valence electrons. The Morgan fingerprint density at radius 1 is 1.25 bits per heavy atom.